The van der Waals surface area contributed by atoms with Gasteiger partial charge in [0.1, 0.15) is 0 Å². The lowest BCUT2D eigenvalue weighted by atomic mass is 10.0. The molecule has 1 aromatic rings. The maximum atomic E-state index is 11.9. The molecular formula is C12H15N3O. The Balaban J connectivity index is 2.03. The Labute approximate surface area is 94.6 Å². The van der Waals surface area contributed by atoms with E-state index in [0.717, 1.165) is 19.3 Å². The molecule has 1 heterocycles. The Bertz CT molecular complexity index is 414. The molecule has 0 saturated heterocycles. The second-order valence-corrected chi connectivity index (χ2v) is 3.90. The van der Waals surface area contributed by atoms with E-state index in [1.807, 2.05) is 0 Å². The maximum absolute atomic E-state index is 11.9. The number of hydrogen-bond acceptors (Lipinski definition) is 3. The summed E-state index contributed by atoms with van der Waals surface area (Å²) < 4.78 is 0. The fourth-order valence-corrected chi connectivity index (χ4v) is 1.79. The summed E-state index contributed by atoms with van der Waals surface area (Å²) in [4.78, 5) is 15.8. The van der Waals surface area contributed by atoms with Crippen molar-refractivity contribution in [2.24, 2.45) is 0 Å². The molecule has 16 heavy (non-hydrogen) atoms. The molecule has 3 N–H and O–H groups in total. The first kappa shape index (κ1) is 10.7. The highest BCUT2D eigenvalue weighted by atomic mass is 16.1. The van der Waals surface area contributed by atoms with Crippen LogP contribution in [0.1, 0.15) is 29.8 Å². The Morgan fingerprint density at radius 2 is 2.38 bits per heavy atom. The number of carbonyl (C=O) groups is 1. The minimum atomic E-state index is -0.182. The van der Waals surface area contributed by atoms with Crippen LogP contribution in [0.15, 0.2) is 30.5 Å². The van der Waals surface area contributed by atoms with Crippen LogP contribution < -0.4 is 11.1 Å². The summed E-state index contributed by atoms with van der Waals surface area (Å²) in [5.74, 6) is -0.182. The van der Waals surface area contributed by atoms with E-state index in [4.69, 9.17) is 5.73 Å². The molecule has 0 radical (unpaired) electrons. The summed E-state index contributed by atoms with van der Waals surface area (Å²) in [6, 6.07) is 3.61. The van der Waals surface area contributed by atoms with Crippen LogP contribution in [0.25, 0.3) is 0 Å². The van der Waals surface area contributed by atoms with E-state index >= 15 is 0 Å². The van der Waals surface area contributed by atoms with Gasteiger partial charge in [0.15, 0.2) is 5.69 Å². The van der Waals surface area contributed by atoms with Gasteiger partial charge in [-0.15, -0.1) is 0 Å². The SMILES string of the molecule is Nc1cccnc1C(=O)NC1CC=CCC1. The summed E-state index contributed by atoms with van der Waals surface area (Å²) in [6.07, 6.45) is 8.69. The Morgan fingerprint density at radius 1 is 1.50 bits per heavy atom. The van der Waals surface area contributed by atoms with E-state index in [1.165, 1.54) is 0 Å². The Morgan fingerprint density at radius 3 is 3.06 bits per heavy atom. The van der Waals surface area contributed by atoms with Crippen molar-refractivity contribution in [1.82, 2.24) is 10.3 Å². The number of amides is 1. The van der Waals surface area contributed by atoms with Gasteiger partial charge in [-0.1, -0.05) is 12.2 Å². The lowest BCUT2D eigenvalue weighted by Gasteiger charge is -2.19. The standard InChI is InChI=1S/C12H15N3O/c13-10-7-4-8-14-11(10)12(16)15-9-5-2-1-3-6-9/h1-2,4,7-9H,3,5-6,13H2,(H,15,16). The lowest BCUT2D eigenvalue weighted by Crippen LogP contribution is -2.36. The number of allylic oxidation sites excluding steroid dienone is 1. The van der Waals surface area contributed by atoms with Crippen molar-refractivity contribution < 1.29 is 4.79 Å². The summed E-state index contributed by atoms with van der Waals surface area (Å²) in [7, 11) is 0. The van der Waals surface area contributed by atoms with Gasteiger partial charge in [0, 0.05) is 12.2 Å². The van der Waals surface area contributed by atoms with Gasteiger partial charge in [0.25, 0.3) is 5.91 Å². The molecule has 0 aromatic carbocycles. The predicted molar refractivity (Wildman–Crippen MR) is 62.9 cm³/mol. The molecule has 1 atom stereocenters. The van der Waals surface area contributed by atoms with Crippen LogP contribution in [-0.2, 0) is 0 Å². The van der Waals surface area contributed by atoms with Crippen molar-refractivity contribution in [3.63, 3.8) is 0 Å². The van der Waals surface area contributed by atoms with Crippen molar-refractivity contribution in [2.75, 3.05) is 5.73 Å². The Hall–Kier alpha value is -1.84. The molecule has 0 bridgehead atoms. The van der Waals surface area contributed by atoms with Crippen LogP contribution in [0.5, 0.6) is 0 Å². The van der Waals surface area contributed by atoms with Crippen molar-refractivity contribution in [2.45, 2.75) is 25.3 Å². The smallest absolute Gasteiger partial charge is 0.272 e. The molecule has 4 heteroatoms. The van der Waals surface area contributed by atoms with Gasteiger partial charge in [-0.2, -0.15) is 0 Å². The molecule has 1 aliphatic rings. The Kier molecular flexibility index (Phi) is 3.19. The van der Waals surface area contributed by atoms with Gasteiger partial charge < -0.3 is 11.1 Å². The van der Waals surface area contributed by atoms with Crippen molar-refractivity contribution in [3.8, 4) is 0 Å². The average Bonchev–Trinajstić information content (AvgIpc) is 2.31. The lowest BCUT2D eigenvalue weighted by molar-refractivity contribution is 0.0930. The van der Waals surface area contributed by atoms with Crippen LogP contribution in [0.2, 0.25) is 0 Å². The molecule has 1 aliphatic carbocycles. The number of aromatic nitrogens is 1. The number of carbonyl (C=O) groups excluding carboxylic acids is 1. The minimum Gasteiger partial charge on any atom is -0.397 e. The fraction of sp³-hybridized carbons (Fsp3) is 0.333. The van der Waals surface area contributed by atoms with Gasteiger partial charge >= 0.3 is 0 Å². The molecule has 0 aliphatic heterocycles. The summed E-state index contributed by atoms with van der Waals surface area (Å²) in [5, 5.41) is 2.94. The van der Waals surface area contributed by atoms with Gasteiger partial charge in [-0.25, -0.2) is 4.98 Å². The van der Waals surface area contributed by atoms with E-state index in [0.29, 0.717) is 11.4 Å². The first-order valence-corrected chi connectivity index (χ1v) is 5.43. The highest BCUT2D eigenvalue weighted by Crippen LogP contribution is 2.12. The molecule has 0 fully saturated rings. The number of nitrogens with two attached hydrogens (primary N) is 1. The number of hydrogen-bond donors (Lipinski definition) is 2. The van der Waals surface area contributed by atoms with Crippen molar-refractivity contribution >= 4 is 11.6 Å². The molecule has 84 valence electrons. The van der Waals surface area contributed by atoms with Gasteiger partial charge in [0.2, 0.25) is 0 Å². The molecule has 0 spiro atoms. The van der Waals surface area contributed by atoms with Crippen LogP contribution in [-0.4, -0.2) is 16.9 Å². The normalized spacial score (nSPS) is 19.4. The number of nitrogens with one attached hydrogen (secondary N) is 1. The minimum absolute atomic E-state index is 0.182. The number of rotatable bonds is 2. The number of pyridine rings is 1. The monoisotopic (exact) mass is 217 g/mol. The van der Waals surface area contributed by atoms with E-state index in [9.17, 15) is 4.79 Å². The second-order valence-electron chi connectivity index (χ2n) is 3.90. The predicted octanol–water partition coefficient (Wildman–Crippen LogP) is 1.50. The van der Waals surface area contributed by atoms with Crippen LogP contribution in [0.4, 0.5) is 5.69 Å². The van der Waals surface area contributed by atoms with Gasteiger partial charge in [-0.3, -0.25) is 4.79 Å². The topological polar surface area (TPSA) is 68.0 Å². The van der Waals surface area contributed by atoms with Gasteiger partial charge in [0.05, 0.1) is 5.69 Å². The van der Waals surface area contributed by atoms with Crippen LogP contribution in [0.3, 0.4) is 0 Å². The van der Waals surface area contributed by atoms with Crippen LogP contribution in [0, 0.1) is 0 Å². The number of anilines is 1. The van der Waals surface area contributed by atoms with Gasteiger partial charge in [-0.05, 0) is 31.4 Å². The molecule has 4 nitrogen and oxygen atoms in total. The average molecular weight is 217 g/mol. The van der Waals surface area contributed by atoms with Crippen LogP contribution >= 0.6 is 0 Å². The quantitative estimate of drug-likeness (QED) is 0.738. The molecular weight excluding hydrogens is 202 g/mol. The second kappa shape index (κ2) is 4.79. The zero-order chi connectivity index (χ0) is 11.4. The zero-order valence-electron chi connectivity index (χ0n) is 9.02. The first-order valence-electron chi connectivity index (χ1n) is 5.43. The third-order valence-corrected chi connectivity index (χ3v) is 2.66. The third-order valence-electron chi connectivity index (χ3n) is 2.66. The van der Waals surface area contributed by atoms with E-state index in [-0.39, 0.29) is 11.9 Å². The van der Waals surface area contributed by atoms with E-state index < -0.39 is 0 Å². The molecule has 1 aromatic heterocycles. The highest BCUT2D eigenvalue weighted by molar-refractivity contribution is 5.97. The molecule has 1 unspecified atom stereocenters. The molecule has 2 rings (SSSR count). The number of nitrogen functional groups attached to an aromatic ring is 1. The largest absolute Gasteiger partial charge is 0.397 e. The fourth-order valence-electron chi connectivity index (χ4n) is 1.79. The number of nitrogens with zero attached hydrogens (tertiary/aromatic N) is 1. The first-order chi connectivity index (χ1) is 7.77. The summed E-state index contributed by atoms with van der Waals surface area (Å²) in [5.41, 5.74) is 6.43. The van der Waals surface area contributed by atoms with Crippen molar-refractivity contribution in [1.29, 1.82) is 0 Å². The summed E-state index contributed by atoms with van der Waals surface area (Å²) in [6.45, 7) is 0. The van der Waals surface area contributed by atoms with Crippen molar-refractivity contribution in [3.05, 3.63) is 36.2 Å². The molecule has 1 amide bonds. The summed E-state index contributed by atoms with van der Waals surface area (Å²) >= 11 is 0. The third kappa shape index (κ3) is 2.39. The zero-order valence-corrected chi connectivity index (χ0v) is 9.02. The molecule has 0 saturated carbocycles. The maximum Gasteiger partial charge on any atom is 0.272 e. The van der Waals surface area contributed by atoms with E-state index in [2.05, 4.69) is 22.5 Å². The highest BCUT2D eigenvalue weighted by Gasteiger charge is 2.16. The van der Waals surface area contributed by atoms with E-state index in [1.54, 1.807) is 18.3 Å².